The highest BCUT2D eigenvalue weighted by Crippen LogP contribution is 2.34. The van der Waals surface area contributed by atoms with Crippen molar-refractivity contribution in [2.45, 2.75) is 99.6 Å². The van der Waals surface area contributed by atoms with Crippen LogP contribution in [0.1, 0.15) is 82.6 Å². The second-order valence-corrected chi connectivity index (χ2v) is 11.9. The molecule has 13 heteroatoms. The number of ether oxygens (including phenoxy) is 2. The molecule has 9 N–H and O–H groups in total. The highest BCUT2D eigenvalue weighted by Gasteiger charge is 2.45. The van der Waals surface area contributed by atoms with Crippen LogP contribution in [-0.2, 0) is 9.47 Å². The first-order valence-electron chi connectivity index (χ1n) is 15.7. The third-order valence-corrected chi connectivity index (χ3v) is 8.67. The molecule has 0 spiro atoms. The molecule has 2 aromatic carbocycles. The Labute approximate surface area is 267 Å². The fourth-order valence-corrected chi connectivity index (χ4v) is 5.89. The second-order valence-electron chi connectivity index (χ2n) is 11.9. The van der Waals surface area contributed by atoms with E-state index < -0.39 is 74.3 Å². The molecule has 46 heavy (non-hydrogen) atoms. The van der Waals surface area contributed by atoms with Crippen LogP contribution in [0.2, 0.25) is 0 Å². The summed E-state index contributed by atoms with van der Waals surface area (Å²) in [6.45, 7) is -0.637. The Morgan fingerprint density at radius 1 is 0.609 bits per heavy atom. The van der Waals surface area contributed by atoms with Gasteiger partial charge in [0.1, 0.15) is 61.0 Å². The van der Waals surface area contributed by atoms with Crippen molar-refractivity contribution in [2.75, 3.05) is 19.8 Å². The number of hydrogen-bond acceptors (Lipinski definition) is 12. The minimum Gasteiger partial charge on any atom is -0.394 e. The van der Waals surface area contributed by atoms with E-state index in [1.165, 1.54) is 0 Å². The summed E-state index contributed by atoms with van der Waals surface area (Å²) in [4.78, 5) is 25.5. The van der Waals surface area contributed by atoms with Gasteiger partial charge in [0.05, 0.1) is 13.2 Å². The highest BCUT2D eigenvalue weighted by molar-refractivity contribution is 5.96. The molecule has 2 fully saturated rings. The van der Waals surface area contributed by atoms with Crippen LogP contribution in [0.4, 0.5) is 0 Å². The molecule has 0 saturated carbocycles. The largest absolute Gasteiger partial charge is 0.394 e. The normalized spacial score (nSPS) is 31.4. The molecule has 2 heterocycles. The van der Waals surface area contributed by atoms with Gasteiger partial charge in [-0.05, 0) is 42.2 Å². The maximum Gasteiger partial charge on any atom is 0.251 e. The number of hydrogen-bond donors (Lipinski definition) is 9. The molecule has 0 aliphatic carbocycles. The maximum atomic E-state index is 12.8. The Hall–Kier alpha value is -2.82. The van der Waals surface area contributed by atoms with Crippen molar-refractivity contribution < 1.29 is 59.9 Å². The van der Waals surface area contributed by atoms with Crippen LogP contribution in [0, 0.1) is 0 Å². The summed E-state index contributed by atoms with van der Waals surface area (Å²) in [5.74, 6) is -0.396. The lowest BCUT2D eigenvalue weighted by Gasteiger charge is -2.40. The van der Waals surface area contributed by atoms with E-state index in [0.29, 0.717) is 41.6 Å². The van der Waals surface area contributed by atoms with Crippen molar-refractivity contribution in [3.63, 3.8) is 0 Å². The number of unbranched alkanes of at least 4 members (excludes halogenated alkanes) is 4. The molecule has 2 aliphatic rings. The van der Waals surface area contributed by atoms with Crippen LogP contribution in [0.3, 0.4) is 0 Å². The Balaban J connectivity index is 1.16. The van der Waals surface area contributed by atoms with Gasteiger partial charge in [0, 0.05) is 24.1 Å². The molecule has 4 rings (SSSR count). The molecule has 10 atom stereocenters. The van der Waals surface area contributed by atoms with E-state index in [9.17, 15) is 50.4 Å². The van der Waals surface area contributed by atoms with Crippen molar-refractivity contribution >= 4 is 11.7 Å². The Morgan fingerprint density at radius 2 is 1.09 bits per heavy atom. The van der Waals surface area contributed by atoms with Gasteiger partial charge in [-0.3, -0.25) is 9.59 Å². The van der Waals surface area contributed by atoms with Crippen LogP contribution in [0.25, 0.3) is 0 Å². The van der Waals surface area contributed by atoms with Gasteiger partial charge < -0.3 is 55.6 Å². The van der Waals surface area contributed by atoms with E-state index in [2.05, 4.69) is 5.32 Å². The average Bonchev–Trinajstić information content (AvgIpc) is 3.07. The first-order chi connectivity index (χ1) is 22.1. The molecule has 13 nitrogen and oxygen atoms in total. The minimum atomic E-state index is -1.51. The van der Waals surface area contributed by atoms with Gasteiger partial charge in [-0.25, -0.2) is 0 Å². The fraction of sp³-hybridized carbons (Fsp3) is 0.576. The number of benzene rings is 2. The smallest absolute Gasteiger partial charge is 0.251 e. The lowest BCUT2D eigenvalue weighted by atomic mass is 9.90. The molecule has 0 radical (unpaired) electrons. The van der Waals surface area contributed by atoms with E-state index in [1.807, 2.05) is 0 Å². The molecular formula is C33H45NO12. The van der Waals surface area contributed by atoms with Gasteiger partial charge in [-0.1, -0.05) is 49.6 Å². The Morgan fingerprint density at radius 3 is 1.63 bits per heavy atom. The van der Waals surface area contributed by atoms with Crippen LogP contribution in [0.5, 0.6) is 0 Å². The van der Waals surface area contributed by atoms with Crippen LogP contribution in [-0.4, -0.2) is 121 Å². The van der Waals surface area contributed by atoms with E-state index in [1.54, 1.807) is 48.5 Å². The molecule has 1 amide bonds. The van der Waals surface area contributed by atoms with Crippen molar-refractivity contribution in [2.24, 2.45) is 0 Å². The van der Waals surface area contributed by atoms with Gasteiger partial charge in [0.2, 0.25) is 0 Å². The molecule has 0 unspecified atom stereocenters. The zero-order valence-corrected chi connectivity index (χ0v) is 25.5. The third-order valence-electron chi connectivity index (χ3n) is 8.67. The molecule has 2 saturated heterocycles. The molecule has 254 valence electrons. The minimum absolute atomic E-state index is 0.0790. The summed E-state index contributed by atoms with van der Waals surface area (Å²) in [5.41, 5.74) is 1.67. The molecule has 2 aromatic rings. The third kappa shape index (κ3) is 8.55. The summed E-state index contributed by atoms with van der Waals surface area (Å²) in [6, 6.07) is 13.0. The second kappa shape index (κ2) is 16.8. The number of rotatable bonds is 14. The monoisotopic (exact) mass is 647 g/mol. The van der Waals surface area contributed by atoms with Gasteiger partial charge in [0.15, 0.2) is 5.78 Å². The predicted octanol–water partition coefficient (Wildman–Crippen LogP) is -0.330. The Bertz CT molecular complexity index is 1190. The molecular weight excluding hydrogens is 602 g/mol. The number of carbonyl (C=O) groups is 2. The number of amides is 1. The number of aliphatic hydroxyl groups excluding tert-OH is 8. The fourth-order valence-electron chi connectivity index (χ4n) is 5.89. The zero-order chi connectivity index (χ0) is 33.4. The van der Waals surface area contributed by atoms with Crippen LogP contribution in [0.15, 0.2) is 48.5 Å². The molecule has 0 bridgehead atoms. The maximum absolute atomic E-state index is 12.8. The number of carbonyl (C=O) groups excluding carboxylic acids is 2. The summed E-state index contributed by atoms with van der Waals surface area (Å²) in [7, 11) is 0. The lowest BCUT2D eigenvalue weighted by molar-refractivity contribution is -0.231. The number of nitrogens with one attached hydrogen (secondary N) is 1. The first kappa shape index (κ1) is 36.0. The van der Waals surface area contributed by atoms with Gasteiger partial charge >= 0.3 is 0 Å². The SMILES string of the molecule is O=C(CCCCCCCNC(=O)c1cccc([C@H]2O[C@H](CO)[C@@H](O)[C@H](O)[C@@H]2O)c1)c1cccc([C@H]2O[C@H](CO)[C@@H](O)[C@H](O)[C@@H]2O)c1. The molecule has 2 aliphatic heterocycles. The van der Waals surface area contributed by atoms with E-state index >= 15 is 0 Å². The Kier molecular flexibility index (Phi) is 13.2. The number of ketones is 1. The van der Waals surface area contributed by atoms with Crippen molar-refractivity contribution in [3.8, 4) is 0 Å². The average molecular weight is 648 g/mol. The van der Waals surface area contributed by atoms with Gasteiger partial charge in [-0.15, -0.1) is 0 Å². The number of aliphatic hydroxyl groups is 8. The summed E-state index contributed by atoms with van der Waals surface area (Å²) in [5, 5.41) is 82.7. The van der Waals surface area contributed by atoms with Gasteiger partial charge in [-0.2, -0.15) is 0 Å². The van der Waals surface area contributed by atoms with Gasteiger partial charge in [0.25, 0.3) is 5.91 Å². The quantitative estimate of drug-likeness (QED) is 0.0949. The highest BCUT2D eigenvalue weighted by atomic mass is 16.6. The van der Waals surface area contributed by atoms with E-state index in [4.69, 9.17) is 9.47 Å². The van der Waals surface area contributed by atoms with Crippen LogP contribution < -0.4 is 5.32 Å². The summed E-state index contributed by atoms with van der Waals surface area (Å²) >= 11 is 0. The van der Waals surface area contributed by atoms with Crippen molar-refractivity contribution in [1.29, 1.82) is 0 Å². The van der Waals surface area contributed by atoms with E-state index in [0.717, 1.165) is 25.7 Å². The van der Waals surface area contributed by atoms with Crippen LogP contribution >= 0.6 is 0 Å². The predicted molar refractivity (Wildman–Crippen MR) is 163 cm³/mol. The van der Waals surface area contributed by atoms with Crippen molar-refractivity contribution in [1.82, 2.24) is 5.32 Å². The topological polar surface area (TPSA) is 226 Å². The van der Waals surface area contributed by atoms with E-state index in [-0.39, 0.29) is 11.7 Å². The summed E-state index contributed by atoms with van der Waals surface area (Å²) < 4.78 is 11.2. The zero-order valence-electron chi connectivity index (χ0n) is 25.5. The number of Topliss-reactive ketones (excluding diaryl/α,β-unsaturated/α-hetero) is 1. The van der Waals surface area contributed by atoms with Crippen molar-refractivity contribution in [3.05, 3.63) is 70.8 Å². The molecule has 0 aromatic heterocycles. The first-order valence-corrected chi connectivity index (χ1v) is 15.7. The standard InChI is InChI=1S/C33H45NO12/c35-16-23-25(38)27(40)29(42)31(45-23)19-9-6-8-18(14-19)22(37)12-4-2-1-3-5-13-34-33(44)21-11-7-10-20(15-21)32-30(43)28(41)26(39)24(17-36)46-32/h6-11,14-15,23-32,35-36,38-43H,1-5,12-13,16-17H2,(H,34,44)/t23-,24-,25-,26-,27+,28+,29+,30+,31-,32-/m1/s1. The lowest BCUT2D eigenvalue weighted by Crippen LogP contribution is -2.55. The summed E-state index contributed by atoms with van der Waals surface area (Å²) in [6.07, 6.45) is -8.67.